The van der Waals surface area contributed by atoms with Crippen molar-refractivity contribution in [3.63, 3.8) is 0 Å². The number of aryl methyl sites for hydroxylation is 2. The van der Waals surface area contributed by atoms with Crippen LogP contribution in [0.25, 0.3) is 0 Å². The van der Waals surface area contributed by atoms with Crippen molar-refractivity contribution in [1.82, 2.24) is 5.32 Å². The number of rotatable bonds is 4. The van der Waals surface area contributed by atoms with E-state index in [1.807, 2.05) is 0 Å². The molecule has 0 saturated heterocycles. The van der Waals surface area contributed by atoms with Crippen LogP contribution in [0.4, 0.5) is 0 Å². The molecule has 0 amide bonds. The Balaban J connectivity index is 2.28. The molecular formula is C15H23N. The van der Waals surface area contributed by atoms with E-state index in [4.69, 9.17) is 0 Å². The van der Waals surface area contributed by atoms with Gasteiger partial charge in [0.05, 0.1) is 0 Å². The van der Waals surface area contributed by atoms with Crippen LogP contribution in [0, 0.1) is 19.3 Å². The second kappa shape index (κ2) is 4.21. The molecule has 0 radical (unpaired) electrons. The lowest BCUT2D eigenvalue weighted by Gasteiger charge is -2.25. The van der Waals surface area contributed by atoms with Gasteiger partial charge >= 0.3 is 0 Å². The summed E-state index contributed by atoms with van der Waals surface area (Å²) in [7, 11) is 0. The molecule has 0 heterocycles. The molecule has 1 aliphatic rings. The first-order valence-corrected chi connectivity index (χ1v) is 6.37. The van der Waals surface area contributed by atoms with E-state index in [1.54, 1.807) is 0 Å². The summed E-state index contributed by atoms with van der Waals surface area (Å²) >= 11 is 0. The first kappa shape index (κ1) is 11.7. The van der Waals surface area contributed by atoms with E-state index in [9.17, 15) is 0 Å². The van der Waals surface area contributed by atoms with Gasteiger partial charge in [-0.2, -0.15) is 0 Å². The van der Waals surface area contributed by atoms with Crippen molar-refractivity contribution in [3.05, 3.63) is 34.9 Å². The van der Waals surface area contributed by atoms with E-state index in [-0.39, 0.29) is 0 Å². The van der Waals surface area contributed by atoms with Gasteiger partial charge in [-0.3, -0.25) is 0 Å². The van der Waals surface area contributed by atoms with Crippen molar-refractivity contribution in [1.29, 1.82) is 0 Å². The third kappa shape index (κ3) is 2.15. The summed E-state index contributed by atoms with van der Waals surface area (Å²) in [5.41, 5.74) is 4.76. The minimum Gasteiger partial charge on any atom is -0.310 e. The third-order valence-corrected chi connectivity index (χ3v) is 4.01. The zero-order valence-electron chi connectivity index (χ0n) is 10.9. The molecule has 16 heavy (non-hydrogen) atoms. The van der Waals surface area contributed by atoms with Gasteiger partial charge < -0.3 is 5.32 Å². The van der Waals surface area contributed by atoms with Crippen LogP contribution in [-0.4, -0.2) is 6.54 Å². The topological polar surface area (TPSA) is 12.0 Å². The Labute approximate surface area is 99.3 Å². The van der Waals surface area contributed by atoms with E-state index < -0.39 is 0 Å². The lowest BCUT2D eigenvalue weighted by molar-refractivity contribution is 0.373. The fraction of sp³-hybridized carbons (Fsp3) is 0.600. The maximum Gasteiger partial charge on any atom is 0.0374 e. The highest BCUT2D eigenvalue weighted by molar-refractivity contribution is 5.33. The fourth-order valence-corrected chi connectivity index (χ4v) is 2.40. The maximum atomic E-state index is 3.65. The van der Waals surface area contributed by atoms with Gasteiger partial charge in [0.25, 0.3) is 0 Å². The van der Waals surface area contributed by atoms with Crippen molar-refractivity contribution in [3.8, 4) is 0 Å². The molecule has 1 heteroatoms. The van der Waals surface area contributed by atoms with E-state index in [1.165, 1.54) is 29.5 Å². The average Bonchev–Trinajstić information content (AvgIpc) is 2.98. The molecule has 1 aliphatic carbocycles. The third-order valence-electron chi connectivity index (χ3n) is 4.01. The Morgan fingerprint density at radius 1 is 1.25 bits per heavy atom. The summed E-state index contributed by atoms with van der Waals surface area (Å²) in [5.74, 6) is 0. The summed E-state index contributed by atoms with van der Waals surface area (Å²) in [6.45, 7) is 10.0. The van der Waals surface area contributed by atoms with Gasteiger partial charge in [0.2, 0.25) is 0 Å². The molecule has 1 saturated carbocycles. The second-order valence-corrected chi connectivity index (χ2v) is 5.49. The van der Waals surface area contributed by atoms with Crippen LogP contribution in [0.1, 0.15) is 49.4 Å². The van der Waals surface area contributed by atoms with Crippen molar-refractivity contribution >= 4 is 0 Å². The monoisotopic (exact) mass is 217 g/mol. The van der Waals surface area contributed by atoms with Crippen LogP contribution in [0.3, 0.4) is 0 Å². The van der Waals surface area contributed by atoms with E-state index in [2.05, 4.69) is 51.2 Å². The average molecular weight is 217 g/mol. The highest BCUT2D eigenvalue weighted by Gasteiger charge is 2.45. The molecule has 2 rings (SSSR count). The normalized spacial score (nSPS) is 19.5. The molecule has 88 valence electrons. The van der Waals surface area contributed by atoms with Gasteiger partial charge in [-0.05, 0) is 55.3 Å². The molecule has 1 N–H and O–H groups in total. The molecule has 0 spiro atoms. The van der Waals surface area contributed by atoms with Gasteiger partial charge in [-0.1, -0.05) is 32.0 Å². The molecule has 1 fully saturated rings. The Morgan fingerprint density at radius 2 is 1.94 bits per heavy atom. The minimum absolute atomic E-state index is 0.498. The van der Waals surface area contributed by atoms with Crippen LogP contribution in [0.5, 0.6) is 0 Å². The molecule has 1 atom stereocenters. The second-order valence-electron chi connectivity index (χ2n) is 5.49. The molecule has 1 aromatic carbocycles. The van der Waals surface area contributed by atoms with Crippen molar-refractivity contribution < 1.29 is 0 Å². The lowest BCUT2D eigenvalue weighted by atomic mass is 9.90. The van der Waals surface area contributed by atoms with Gasteiger partial charge in [0, 0.05) is 6.04 Å². The highest BCUT2D eigenvalue weighted by Crippen LogP contribution is 2.54. The fourth-order valence-electron chi connectivity index (χ4n) is 2.40. The first-order chi connectivity index (χ1) is 7.57. The van der Waals surface area contributed by atoms with Crippen LogP contribution in [-0.2, 0) is 0 Å². The largest absolute Gasteiger partial charge is 0.310 e. The van der Waals surface area contributed by atoms with Crippen molar-refractivity contribution in [2.45, 2.75) is 46.6 Å². The number of hydrogen-bond acceptors (Lipinski definition) is 1. The smallest absolute Gasteiger partial charge is 0.0374 e. The Bertz CT molecular complexity index is 377. The standard InChI is InChI=1S/C15H23N/c1-5-16-14(15(4)8-9-15)13-7-6-11(2)12(3)10-13/h6-7,10,14,16H,5,8-9H2,1-4H3. The van der Waals surface area contributed by atoms with Crippen LogP contribution in [0.15, 0.2) is 18.2 Å². The van der Waals surface area contributed by atoms with Crippen molar-refractivity contribution in [2.75, 3.05) is 6.54 Å². The predicted molar refractivity (Wildman–Crippen MR) is 69.7 cm³/mol. The minimum atomic E-state index is 0.498. The molecule has 1 unspecified atom stereocenters. The van der Waals surface area contributed by atoms with Crippen LogP contribution < -0.4 is 5.32 Å². The summed E-state index contributed by atoms with van der Waals surface area (Å²) in [6.07, 6.45) is 2.72. The number of nitrogens with one attached hydrogen (secondary N) is 1. The molecule has 1 nitrogen and oxygen atoms in total. The van der Waals surface area contributed by atoms with Gasteiger partial charge in [0.1, 0.15) is 0 Å². The quantitative estimate of drug-likeness (QED) is 0.810. The highest BCUT2D eigenvalue weighted by atomic mass is 14.9. The zero-order chi connectivity index (χ0) is 11.8. The van der Waals surface area contributed by atoms with Crippen molar-refractivity contribution in [2.24, 2.45) is 5.41 Å². The summed E-state index contributed by atoms with van der Waals surface area (Å²) < 4.78 is 0. The first-order valence-electron chi connectivity index (χ1n) is 6.37. The SMILES string of the molecule is CCNC(c1ccc(C)c(C)c1)C1(C)CC1. The summed E-state index contributed by atoms with van der Waals surface area (Å²) in [4.78, 5) is 0. The maximum absolute atomic E-state index is 3.65. The van der Waals surface area contributed by atoms with Crippen LogP contribution >= 0.6 is 0 Å². The lowest BCUT2D eigenvalue weighted by Crippen LogP contribution is -2.27. The van der Waals surface area contributed by atoms with Gasteiger partial charge in [-0.25, -0.2) is 0 Å². The predicted octanol–water partition coefficient (Wildman–Crippen LogP) is 3.75. The van der Waals surface area contributed by atoms with E-state index in [0.717, 1.165) is 6.54 Å². The van der Waals surface area contributed by atoms with Gasteiger partial charge in [-0.15, -0.1) is 0 Å². The Kier molecular flexibility index (Phi) is 3.07. The van der Waals surface area contributed by atoms with E-state index >= 15 is 0 Å². The summed E-state index contributed by atoms with van der Waals surface area (Å²) in [5, 5.41) is 3.65. The van der Waals surface area contributed by atoms with Gasteiger partial charge in [0.15, 0.2) is 0 Å². The molecular weight excluding hydrogens is 194 g/mol. The Hall–Kier alpha value is -0.820. The number of hydrogen-bond donors (Lipinski definition) is 1. The molecule has 1 aromatic rings. The molecule has 0 bridgehead atoms. The molecule has 0 aliphatic heterocycles. The number of benzene rings is 1. The Morgan fingerprint density at radius 3 is 2.44 bits per heavy atom. The zero-order valence-corrected chi connectivity index (χ0v) is 10.9. The van der Waals surface area contributed by atoms with E-state index in [0.29, 0.717) is 11.5 Å². The summed E-state index contributed by atoms with van der Waals surface area (Å²) in [6, 6.07) is 7.43. The molecule has 0 aromatic heterocycles. The van der Waals surface area contributed by atoms with Crippen LogP contribution in [0.2, 0.25) is 0 Å².